The van der Waals surface area contributed by atoms with E-state index in [1.807, 2.05) is 0 Å². The highest BCUT2D eigenvalue weighted by Gasteiger charge is 2.41. The van der Waals surface area contributed by atoms with Crippen molar-refractivity contribution in [2.45, 2.75) is 12.5 Å². The van der Waals surface area contributed by atoms with Crippen molar-refractivity contribution in [3.8, 4) is 11.5 Å². The normalized spacial score (nSPS) is 12.2. The number of alkyl halides is 6. The van der Waals surface area contributed by atoms with E-state index in [1.165, 1.54) is 0 Å². The van der Waals surface area contributed by atoms with Crippen molar-refractivity contribution >= 4 is 6.29 Å². The number of aromatic nitrogens is 1. The number of aldehydes is 1. The Hall–Kier alpha value is -2.00. The van der Waals surface area contributed by atoms with Gasteiger partial charge in [0.2, 0.25) is 0 Å². The summed E-state index contributed by atoms with van der Waals surface area (Å²) < 4.78 is 81.5. The number of pyridine rings is 1. The van der Waals surface area contributed by atoms with Gasteiger partial charge in [0.25, 0.3) is 0 Å². The molecule has 0 bridgehead atoms. The fourth-order valence-corrected chi connectivity index (χ4v) is 1.18. The number of hydrogen-bond donors (Lipinski definition) is 0. The lowest BCUT2D eigenvalue weighted by molar-refractivity contribution is -0.275. The molecular weight excluding hydrogens is 284 g/mol. The first-order valence-electron chi connectivity index (χ1n) is 4.45. The lowest BCUT2D eigenvalue weighted by atomic mass is 10.2. The van der Waals surface area contributed by atoms with Crippen molar-refractivity contribution in [1.29, 1.82) is 0 Å². The average molecular weight is 289 g/mol. The SMILES string of the molecule is COc1c(OC(F)(F)F)cc(C=O)nc1C(F)(F)F. The second-order valence-electron chi connectivity index (χ2n) is 3.09. The number of ether oxygens (including phenoxy) is 2. The number of carbonyl (C=O) groups excluding carboxylic acids is 1. The molecule has 4 nitrogen and oxygen atoms in total. The van der Waals surface area contributed by atoms with Gasteiger partial charge >= 0.3 is 12.5 Å². The largest absolute Gasteiger partial charge is 0.573 e. The summed E-state index contributed by atoms with van der Waals surface area (Å²) in [4.78, 5) is 13.3. The zero-order chi connectivity index (χ0) is 14.8. The van der Waals surface area contributed by atoms with Crippen LogP contribution in [0.15, 0.2) is 6.07 Å². The molecule has 1 rings (SSSR count). The number of nitrogens with zero attached hydrogens (tertiary/aromatic N) is 1. The fourth-order valence-electron chi connectivity index (χ4n) is 1.18. The number of rotatable bonds is 3. The van der Waals surface area contributed by atoms with Crippen LogP contribution < -0.4 is 9.47 Å². The highest BCUT2D eigenvalue weighted by atomic mass is 19.4. The van der Waals surface area contributed by atoms with Crippen molar-refractivity contribution in [3.63, 3.8) is 0 Å². The van der Waals surface area contributed by atoms with E-state index in [0.717, 1.165) is 7.11 Å². The van der Waals surface area contributed by atoms with E-state index < -0.39 is 35.4 Å². The molecule has 1 aromatic rings. The topological polar surface area (TPSA) is 48.4 Å². The van der Waals surface area contributed by atoms with Gasteiger partial charge in [-0.1, -0.05) is 0 Å². The maximum Gasteiger partial charge on any atom is 0.573 e. The van der Waals surface area contributed by atoms with Crippen LogP contribution in [0, 0.1) is 0 Å². The van der Waals surface area contributed by atoms with Gasteiger partial charge in [-0.2, -0.15) is 13.2 Å². The monoisotopic (exact) mass is 289 g/mol. The van der Waals surface area contributed by atoms with E-state index in [9.17, 15) is 31.1 Å². The average Bonchev–Trinajstić information content (AvgIpc) is 2.24. The molecule has 0 amide bonds. The molecule has 0 aliphatic carbocycles. The summed E-state index contributed by atoms with van der Waals surface area (Å²) in [5, 5.41) is 0. The van der Waals surface area contributed by atoms with Gasteiger partial charge in [-0.3, -0.25) is 4.79 Å². The Morgan fingerprint density at radius 1 is 1.21 bits per heavy atom. The predicted octanol–water partition coefficient (Wildman–Crippen LogP) is 2.82. The number of carbonyl (C=O) groups is 1. The van der Waals surface area contributed by atoms with E-state index in [4.69, 9.17) is 0 Å². The smallest absolute Gasteiger partial charge is 0.491 e. The quantitative estimate of drug-likeness (QED) is 0.634. The minimum atomic E-state index is -5.24. The Bertz CT molecular complexity index is 482. The predicted molar refractivity (Wildman–Crippen MR) is 47.9 cm³/mol. The Labute approximate surface area is 101 Å². The summed E-state index contributed by atoms with van der Waals surface area (Å²) in [5.74, 6) is -2.55. The lowest BCUT2D eigenvalue weighted by Gasteiger charge is -2.16. The van der Waals surface area contributed by atoms with Gasteiger partial charge in [-0.25, -0.2) is 4.98 Å². The molecule has 0 saturated heterocycles. The molecule has 19 heavy (non-hydrogen) atoms. The van der Waals surface area contributed by atoms with E-state index >= 15 is 0 Å². The molecular formula is C9H5F6NO3. The molecule has 0 aliphatic heterocycles. The third-order valence-corrected chi connectivity index (χ3v) is 1.78. The highest BCUT2D eigenvalue weighted by molar-refractivity contribution is 5.73. The summed E-state index contributed by atoms with van der Waals surface area (Å²) >= 11 is 0. The van der Waals surface area contributed by atoms with Crippen LogP contribution in [0.5, 0.6) is 11.5 Å². The first kappa shape index (κ1) is 15.1. The maximum atomic E-state index is 12.6. The first-order chi connectivity index (χ1) is 8.58. The molecule has 0 aromatic carbocycles. The van der Waals surface area contributed by atoms with Crippen LogP contribution in [-0.2, 0) is 6.18 Å². The number of hydrogen-bond acceptors (Lipinski definition) is 4. The van der Waals surface area contributed by atoms with Crippen molar-refractivity contribution in [3.05, 3.63) is 17.5 Å². The minimum Gasteiger partial charge on any atom is -0.491 e. The maximum absolute atomic E-state index is 12.6. The third-order valence-electron chi connectivity index (χ3n) is 1.78. The molecule has 106 valence electrons. The van der Waals surface area contributed by atoms with Crippen molar-refractivity contribution in [2.75, 3.05) is 7.11 Å². The summed E-state index contributed by atoms with van der Waals surface area (Å²) in [6, 6.07) is 0.397. The minimum absolute atomic E-state index is 0.141. The molecule has 1 heterocycles. The van der Waals surface area contributed by atoms with Gasteiger partial charge in [0.05, 0.1) is 7.11 Å². The zero-order valence-electron chi connectivity index (χ0n) is 9.09. The molecule has 0 atom stereocenters. The molecule has 0 saturated carbocycles. The van der Waals surface area contributed by atoms with Crippen LogP contribution in [0.2, 0.25) is 0 Å². The molecule has 0 fully saturated rings. The van der Waals surface area contributed by atoms with Gasteiger partial charge in [0, 0.05) is 6.07 Å². The molecule has 10 heteroatoms. The van der Waals surface area contributed by atoms with Crippen molar-refractivity contribution in [2.24, 2.45) is 0 Å². The second-order valence-corrected chi connectivity index (χ2v) is 3.09. The fraction of sp³-hybridized carbons (Fsp3) is 0.333. The molecule has 0 radical (unpaired) electrons. The van der Waals surface area contributed by atoms with Gasteiger partial charge in [0.1, 0.15) is 5.69 Å². The van der Waals surface area contributed by atoms with Crippen molar-refractivity contribution in [1.82, 2.24) is 4.98 Å². The van der Waals surface area contributed by atoms with E-state index in [2.05, 4.69) is 14.5 Å². The van der Waals surface area contributed by atoms with E-state index in [0.29, 0.717) is 6.07 Å². The molecule has 0 unspecified atom stereocenters. The van der Waals surface area contributed by atoms with Crippen LogP contribution >= 0.6 is 0 Å². The molecule has 1 aromatic heterocycles. The van der Waals surface area contributed by atoms with Crippen LogP contribution in [0.3, 0.4) is 0 Å². The third kappa shape index (κ3) is 3.73. The summed E-state index contributed by atoms with van der Waals surface area (Å²) in [7, 11) is 0.718. The summed E-state index contributed by atoms with van der Waals surface area (Å²) in [6.45, 7) is 0. The zero-order valence-corrected chi connectivity index (χ0v) is 9.09. The molecule has 0 aliphatic rings. The van der Waals surface area contributed by atoms with Crippen LogP contribution in [0.4, 0.5) is 26.3 Å². The Morgan fingerprint density at radius 2 is 1.79 bits per heavy atom. The number of methoxy groups -OCH3 is 1. The van der Waals surface area contributed by atoms with Gasteiger partial charge in [-0.15, -0.1) is 13.2 Å². The van der Waals surface area contributed by atoms with Gasteiger partial charge in [-0.05, 0) is 0 Å². The van der Waals surface area contributed by atoms with Gasteiger partial charge in [0.15, 0.2) is 23.5 Å². The van der Waals surface area contributed by atoms with Crippen molar-refractivity contribution < 1.29 is 40.6 Å². The van der Waals surface area contributed by atoms with E-state index in [1.54, 1.807) is 0 Å². The van der Waals surface area contributed by atoms with E-state index in [-0.39, 0.29) is 6.29 Å². The van der Waals surface area contributed by atoms with Gasteiger partial charge < -0.3 is 9.47 Å². The Morgan fingerprint density at radius 3 is 2.16 bits per heavy atom. The van der Waals surface area contributed by atoms with Crippen LogP contribution in [0.25, 0.3) is 0 Å². The summed E-state index contributed by atoms with van der Waals surface area (Å²) in [6.07, 6.45) is -10.5. The van der Waals surface area contributed by atoms with Crippen LogP contribution in [-0.4, -0.2) is 24.7 Å². The number of halogens is 6. The Balaban J connectivity index is 3.48. The van der Waals surface area contributed by atoms with Crippen LogP contribution in [0.1, 0.15) is 16.2 Å². The molecule has 0 N–H and O–H groups in total. The lowest BCUT2D eigenvalue weighted by Crippen LogP contribution is -2.20. The highest BCUT2D eigenvalue weighted by Crippen LogP contribution is 2.42. The first-order valence-corrected chi connectivity index (χ1v) is 4.45. The Kier molecular flexibility index (Phi) is 3.91. The standard InChI is InChI=1S/C9H5F6NO3/c1-18-6-5(19-9(13,14)15)2-4(3-17)16-7(6)8(10,11)12/h2-3H,1H3. The summed E-state index contributed by atoms with van der Waals surface area (Å²) in [5.41, 5.74) is -2.65. The molecule has 0 spiro atoms. The second kappa shape index (κ2) is 4.94.